The highest BCUT2D eigenvalue weighted by Crippen LogP contribution is 2.25. The Morgan fingerprint density at radius 1 is 1.33 bits per heavy atom. The molecule has 2 aromatic rings. The van der Waals surface area contributed by atoms with Crippen molar-refractivity contribution in [1.29, 1.82) is 0 Å². The predicted octanol–water partition coefficient (Wildman–Crippen LogP) is 0.917. The molecule has 0 amide bonds. The zero-order valence-electron chi connectivity index (χ0n) is 9.04. The number of aromatic hydroxyl groups is 1. The lowest BCUT2D eigenvalue weighted by molar-refractivity contribution is 0.0697. The van der Waals surface area contributed by atoms with Crippen molar-refractivity contribution in [2.24, 2.45) is 0 Å². The topological polar surface area (TPSA) is 115 Å². The molecule has 1 heterocycles. The lowest BCUT2D eigenvalue weighted by Gasteiger charge is -2.08. The van der Waals surface area contributed by atoms with Crippen LogP contribution in [0.5, 0.6) is 5.75 Å². The number of para-hydroxylation sites is 2. The molecule has 7 heteroatoms. The molecule has 7 nitrogen and oxygen atoms in total. The van der Waals surface area contributed by atoms with Gasteiger partial charge in [0.05, 0.1) is 5.69 Å². The number of hydrogen-bond donors (Lipinski definition) is 4. The Kier molecular flexibility index (Phi) is 2.96. The fraction of sp³-hybridized carbons (Fsp3) is 0. The summed E-state index contributed by atoms with van der Waals surface area (Å²) < 4.78 is 0. The van der Waals surface area contributed by atoms with E-state index in [-0.39, 0.29) is 17.1 Å². The molecule has 0 unspecified atom stereocenters. The first-order valence-electron chi connectivity index (χ1n) is 4.96. The average molecular weight is 247 g/mol. The molecule has 2 rings (SSSR count). The van der Waals surface area contributed by atoms with Gasteiger partial charge in [0.25, 0.3) is 5.56 Å². The lowest BCUT2D eigenvalue weighted by atomic mass is 10.2. The van der Waals surface area contributed by atoms with E-state index in [1.165, 1.54) is 6.07 Å². The van der Waals surface area contributed by atoms with Gasteiger partial charge in [0, 0.05) is 6.07 Å². The second kappa shape index (κ2) is 4.58. The molecule has 4 N–H and O–H groups in total. The van der Waals surface area contributed by atoms with Crippen LogP contribution in [0.15, 0.2) is 35.1 Å². The van der Waals surface area contributed by atoms with E-state index >= 15 is 0 Å². The van der Waals surface area contributed by atoms with Crippen molar-refractivity contribution in [1.82, 2.24) is 10.2 Å². The number of aromatic nitrogens is 2. The summed E-state index contributed by atoms with van der Waals surface area (Å²) >= 11 is 0. The summed E-state index contributed by atoms with van der Waals surface area (Å²) in [6, 6.07) is 7.19. The molecule has 18 heavy (non-hydrogen) atoms. The van der Waals surface area contributed by atoms with Gasteiger partial charge in [0.15, 0.2) is 5.82 Å². The van der Waals surface area contributed by atoms with E-state index in [0.29, 0.717) is 5.69 Å². The molecular weight excluding hydrogens is 238 g/mol. The molecule has 0 fully saturated rings. The zero-order chi connectivity index (χ0) is 13.1. The predicted molar refractivity (Wildman–Crippen MR) is 63.2 cm³/mol. The van der Waals surface area contributed by atoms with Gasteiger partial charge in [0.2, 0.25) is 0 Å². The Labute approximate surface area is 101 Å². The van der Waals surface area contributed by atoms with Crippen molar-refractivity contribution in [2.45, 2.75) is 0 Å². The first-order valence-corrected chi connectivity index (χ1v) is 4.96. The zero-order valence-corrected chi connectivity index (χ0v) is 9.04. The van der Waals surface area contributed by atoms with Crippen molar-refractivity contribution < 1.29 is 15.0 Å². The average Bonchev–Trinajstić information content (AvgIpc) is 2.34. The second-order valence-electron chi connectivity index (χ2n) is 3.44. The molecule has 0 atom stereocenters. The number of nitrogens with zero attached hydrogens (tertiary/aromatic N) is 1. The molecule has 92 valence electrons. The number of benzene rings is 1. The third-order valence-electron chi connectivity index (χ3n) is 2.20. The van der Waals surface area contributed by atoms with Crippen LogP contribution in [-0.4, -0.2) is 26.4 Å². The minimum Gasteiger partial charge on any atom is -0.506 e. The summed E-state index contributed by atoms with van der Waals surface area (Å²) in [5.74, 6) is -1.39. The van der Waals surface area contributed by atoms with Crippen molar-refractivity contribution in [3.63, 3.8) is 0 Å². The maximum Gasteiger partial charge on any atom is 0.339 e. The number of hydrogen-bond acceptors (Lipinski definition) is 5. The number of rotatable bonds is 3. The van der Waals surface area contributed by atoms with Gasteiger partial charge in [-0.15, -0.1) is 0 Å². The molecule has 0 aliphatic rings. The fourth-order valence-electron chi connectivity index (χ4n) is 1.37. The lowest BCUT2D eigenvalue weighted by Crippen LogP contribution is -2.14. The Morgan fingerprint density at radius 2 is 2.06 bits per heavy atom. The number of carboxylic acid groups (broad SMARTS) is 1. The van der Waals surface area contributed by atoms with Gasteiger partial charge < -0.3 is 15.5 Å². The molecule has 0 aliphatic carbocycles. The second-order valence-corrected chi connectivity index (χ2v) is 3.44. The largest absolute Gasteiger partial charge is 0.506 e. The summed E-state index contributed by atoms with van der Waals surface area (Å²) in [5.41, 5.74) is -0.600. The molecule has 0 saturated heterocycles. The molecule has 0 spiro atoms. The van der Waals surface area contributed by atoms with Crippen molar-refractivity contribution in [3.05, 3.63) is 46.2 Å². The monoisotopic (exact) mass is 247 g/mol. The Bertz CT molecular complexity index is 651. The van der Waals surface area contributed by atoms with Gasteiger partial charge in [-0.05, 0) is 12.1 Å². The van der Waals surface area contributed by atoms with Gasteiger partial charge >= 0.3 is 5.97 Å². The van der Waals surface area contributed by atoms with E-state index in [2.05, 4.69) is 15.5 Å². The first kappa shape index (κ1) is 11.6. The molecule has 0 bridgehead atoms. The van der Waals surface area contributed by atoms with Crippen LogP contribution in [0, 0.1) is 0 Å². The van der Waals surface area contributed by atoms with Crippen LogP contribution in [0.25, 0.3) is 0 Å². The van der Waals surface area contributed by atoms with Crippen molar-refractivity contribution in [3.8, 4) is 5.75 Å². The molecular formula is C11H9N3O4. The van der Waals surface area contributed by atoms with Crippen LogP contribution in [0.2, 0.25) is 0 Å². The fourth-order valence-corrected chi connectivity index (χ4v) is 1.37. The number of aromatic amines is 1. The summed E-state index contributed by atoms with van der Waals surface area (Å²) in [6.45, 7) is 0. The van der Waals surface area contributed by atoms with E-state index < -0.39 is 11.5 Å². The summed E-state index contributed by atoms with van der Waals surface area (Å²) in [5, 5.41) is 26.8. The van der Waals surface area contributed by atoms with Crippen LogP contribution in [0.3, 0.4) is 0 Å². The number of carboxylic acids is 1. The minimum atomic E-state index is -1.29. The van der Waals surface area contributed by atoms with Gasteiger partial charge in [-0.1, -0.05) is 12.1 Å². The number of phenols is 1. The van der Waals surface area contributed by atoms with E-state index in [1.54, 1.807) is 18.2 Å². The van der Waals surface area contributed by atoms with E-state index in [4.69, 9.17) is 5.11 Å². The summed E-state index contributed by atoms with van der Waals surface area (Å²) in [7, 11) is 0. The van der Waals surface area contributed by atoms with Crippen molar-refractivity contribution >= 4 is 17.5 Å². The molecule has 0 saturated carbocycles. The van der Waals surface area contributed by atoms with Gasteiger partial charge in [0.1, 0.15) is 11.3 Å². The maximum atomic E-state index is 11.0. The summed E-state index contributed by atoms with van der Waals surface area (Å²) in [4.78, 5) is 22.0. The van der Waals surface area contributed by atoms with Crippen LogP contribution < -0.4 is 10.9 Å². The Hall–Kier alpha value is -2.83. The van der Waals surface area contributed by atoms with Crippen molar-refractivity contribution in [2.75, 3.05) is 5.32 Å². The van der Waals surface area contributed by atoms with Crippen LogP contribution in [0.1, 0.15) is 10.4 Å². The quantitative estimate of drug-likeness (QED) is 0.599. The van der Waals surface area contributed by atoms with Crippen LogP contribution in [-0.2, 0) is 0 Å². The van der Waals surface area contributed by atoms with Crippen LogP contribution in [0.4, 0.5) is 11.5 Å². The highest BCUT2D eigenvalue weighted by atomic mass is 16.4. The molecule has 0 radical (unpaired) electrons. The Morgan fingerprint density at radius 3 is 2.72 bits per heavy atom. The number of anilines is 2. The van der Waals surface area contributed by atoms with Gasteiger partial charge in [-0.2, -0.15) is 5.10 Å². The highest BCUT2D eigenvalue weighted by molar-refractivity contribution is 5.93. The number of H-pyrrole nitrogens is 1. The molecule has 1 aromatic heterocycles. The van der Waals surface area contributed by atoms with Crippen LogP contribution >= 0.6 is 0 Å². The van der Waals surface area contributed by atoms with E-state index in [9.17, 15) is 14.7 Å². The van der Waals surface area contributed by atoms with Gasteiger partial charge in [-0.25, -0.2) is 9.89 Å². The highest BCUT2D eigenvalue weighted by Gasteiger charge is 2.13. The molecule has 1 aromatic carbocycles. The number of nitrogens with one attached hydrogen (secondary N) is 2. The normalized spacial score (nSPS) is 10.0. The Balaban J connectivity index is 2.44. The minimum absolute atomic E-state index is 0.0522. The number of phenolic OH excluding ortho intramolecular Hbond substituents is 1. The van der Waals surface area contributed by atoms with E-state index in [1.807, 2.05) is 0 Å². The molecule has 0 aliphatic heterocycles. The number of aromatic carboxylic acids is 1. The number of carbonyl (C=O) groups is 1. The summed E-state index contributed by atoms with van der Waals surface area (Å²) in [6.07, 6.45) is 0. The van der Waals surface area contributed by atoms with E-state index in [0.717, 1.165) is 6.07 Å². The van der Waals surface area contributed by atoms with Gasteiger partial charge in [-0.3, -0.25) is 4.79 Å². The third-order valence-corrected chi connectivity index (χ3v) is 2.20. The maximum absolute atomic E-state index is 11.0. The third kappa shape index (κ3) is 2.29. The first-order chi connectivity index (χ1) is 8.58. The smallest absolute Gasteiger partial charge is 0.339 e. The SMILES string of the molecule is O=C(O)c1cc(=O)[nH]nc1Nc1ccccc1O. The standard InChI is InChI=1S/C11H9N3O4/c15-8-4-2-1-3-7(8)12-10-6(11(17)18)5-9(16)13-14-10/h1-5,15H,(H,12,14)(H,13,16)(H,17,18).